The van der Waals surface area contributed by atoms with Gasteiger partial charge in [0.05, 0.1) is 5.56 Å². The maximum absolute atomic E-state index is 13.9. The Hall–Kier alpha value is -2.69. The van der Waals surface area contributed by atoms with Gasteiger partial charge in [-0.3, -0.25) is 9.59 Å². The zero-order valence-electron chi connectivity index (χ0n) is 15.6. The van der Waals surface area contributed by atoms with Crippen molar-refractivity contribution in [1.29, 1.82) is 0 Å². The first-order chi connectivity index (χ1) is 13.1. The van der Waals surface area contributed by atoms with Crippen molar-refractivity contribution in [3.05, 3.63) is 71.5 Å². The average molecular weight is 368 g/mol. The average Bonchev–Trinajstić information content (AvgIpc) is 2.72. The van der Waals surface area contributed by atoms with Crippen LogP contribution in [0.5, 0.6) is 0 Å². The Morgan fingerprint density at radius 2 is 1.67 bits per heavy atom. The molecule has 0 N–H and O–H groups in total. The number of nitrogens with zero attached hydrogens (tertiary/aromatic N) is 2. The Morgan fingerprint density at radius 1 is 1.04 bits per heavy atom. The van der Waals surface area contributed by atoms with Crippen LogP contribution >= 0.6 is 0 Å². The van der Waals surface area contributed by atoms with E-state index in [1.165, 1.54) is 12.1 Å². The van der Waals surface area contributed by atoms with E-state index in [1.807, 2.05) is 42.2 Å². The number of likely N-dealkylation sites (tertiary alicyclic amines) is 1. The van der Waals surface area contributed by atoms with Crippen LogP contribution in [0.1, 0.15) is 35.7 Å². The predicted octanol–water partition coefficient (Wildman–Crippen LogP) is 3.73. The molecule has 2 amide bonds. The molecule has 0 aromatic heterocycles. The van der Waals surface area contributed by atoms with Crippen molar-refractivity contribution in [2.24, 2.45) is 5.92 Å². The van der Waals surface area contributed by atoms with E-state index < -0.39 is 5.82 Å². The minimum absolute atomic E-state index is 0.0849. The second kappa shape index (κ2) is 8.80. The second-order valence-electron chi connectivity index (χ2n) is 6.88. The fourth-order valence-corrected chi connectivity index (χ4v) is 3.54. The number of piperidine rings is 1. The van der Waals surface area contributed by atoms with Gasteiger partial charge in [0, 0.05) is 32.1 Å². The monoisotopic (exact) mass is 368 g/mol. The first-order valence-corrected chi connectivity index (χ1v) is 9.46. The molecule has 2 aromatic rings. The molecule has 1 heterocycles. The van der Waals surface area contributed by atoms with Crippen LogP contribution in [0.2, 0.25) is 0 Å². The fourth-order valence-electron chi connectivity index (χ4n) is 3.54. The van der Waals surface area contributed by atoms with Gasteiger partial charge in [-0.25, -0.2) is 4.39 Å². The minimum atomic E-state index is -0.499. The molecule has 1 aliphatic rings. The summed E-state index contributed by atoms with van der Waals surface area (Å²) in [7, 11) is 0. The van der Waals surface area contributed by atoms with Crippen molar-refractivity contribution < 1.29 is 14.0 Å². The van der Waals surface area contributed by atoms with Crippen LogP contribution in [-0.2, 0) is 11.3 Å². The van der Waals surface area contributed by atoms with E-state index in [9.17, 15) is 14.0 Å². The predicted molar refractivity (Wildman–Crippen MR) is 103 cm³/mol. The fraction of sp³-hybridized carbons (Fsp3) is 0.364. The molecular weight excluding hydrogens is 343 g/mol. The summed E-state index contributed by atoms with van der Waals surface area (Å²) in [6.07, 6.45) is 1.23. The molecular formula is C22H25FN2O2. The number of hydrogen-bond acceptors (Lipinski definition) is 2. The molecule has 1 saturated heterocycles. The molecule has 1 fully saturated rings. The maximum atomic E-state index is 13.9. The van der Waals surface area contributed by atoms with Crippen LogP contribution in [0.25, 0.3) is 0 Å². The molecule has 0 aliphatic carbocycles. The standard InChI is InChI=1S/C22H25FN2O2/c1-2-24(16-17-8-4-3-5-9-17)21(26)18-12-14-25(15-13-18)22(27)19-10-6-7-11-20(19)23/h3-11,18H,2,12-16H2,1H3. The Labute approximate surface area is 159 Å². The van der Waals surface area contributed by atoms with Crippen LogP contribution in [0, 0.1) is 11.7 Å². The highest BCUT2D eigenvalue weighted by atomic mass is 19.1. The van der Waals surface area contributed by atoms with E-state index >= 15 is 0 Å². The maximum Gasteiger partial charge on any atom is 0.256 e. The molecule has 3 rings (SSSR count). The molecule has 4 nitrogen and oxygen atoms in total. The summed E-state index contributed by atoms with van der Waals surface area (Å²) in [5, 5.41) is 0. The van der Waals surface area contributed by atoms with Crippen molar-refractivity contribution in [2.75, 3.05) is 19.6 Å². The van der Waals surface area contributed by atoms with Crippen molar-refractivity contribution in [3.63, 3.8) is 0 Å². The molecule has 0 atom stereocenters. The molecule has 0 unspecified atom stereocenters. The van der Waals surface area contributed by atoms with Gasteiger partial charge >= 0.3 is 0 Å². The van der Waals surface area contributed by atoms with Gasteiger partial charge in [-0.05, 0) is 37.5 Å². The van der Waals surface area contributed by atoms with E-state index in [4.69, 9.17) is 0 Å². The van der Waals surface area contributed by atoms with Gasteiger partial charge in [0.25, 0.3) is 5.91 Å². The highest BCUT2D eigenvalue weighted by Gasteiger charge is 2.30. The lowest BCUT2D eigenvalue weighted by Crippen LogP contribution is -2.44. The van der Waals surface area contributed by atoms with Gasteiger partial charge in [-0.1, -0.05) is 42.5 Å². The molecule has 0 bridgehead atoms. The van der Waals surface area contributed by atoms with E-state index in [1.54, 1.807) is 17.0 Å². The van der Waals surface area contributed by atoms with E-state index in [0.717, 1.165) is 5.56 Å². The minimum Gasteiger partial charge on any atom is -0.339 e. The number of halogens is 1. The smallest absolute Gasteiger partial charge is 0.256 e. The van der Waals surface area contributed by atoms with E-state index in [0.29, 0.717) is 39.0 Å². The van der Waals surface area contributed by atoms with Gasteiger partial charge in [0.15, 0.2) is 0 Å². The largest absolute Gasteiger partial charge is 0.339 e. The lowest BCUT2D eigenvalue weighted by Gasteiger charge is -2.34. The lowest BCUT2D eigenvalue weighted by atomic mass is 9.94. The summed E-state index contributed by atoms with van der Waals surface area (Å²) in [5.41, 5.74) is 1.21. The number of amides is 2. The van der Waals surface area contributed by atoms with Crippen molar-refractivity contribution in [2.45, 2.75) is 26.3 Å². The third-order valence-corrected chi connectivity index (χ3v) is 5.15. The number of carbonyl (C=O) groups excluding carboxylic acids is 2. The van der Waals surface area contributed by atoms with Crippen LogP contribution in [0.15, 0.2) is 54.6 Å². The van der Waals surface area contributed by atoms with E-state index in [-0.39, 0.29) is 23.3 Å². The number of benzene rings is 2. The third kappa shape index (κ3) is 4.54. The van der Waals surface area contributed by atoms with Gasteiger partial charge < -0.3 is 9.80 Å². The lowest BCUT2D eigenvalue weighted by molar-refractivity contribution is -0.137. The molecule has 27 heavy (non-hydrogen) atoms. The molecule has 142 valence electrons. The third-order valence-electron chi connectivity index (χ3n) is 5.15. The van der Waals surface area contributed by atoms with Gasteiger partial charge in [-0.15, -0.1) is 0 Å². The summed E-state index contributed by atoms with van der Waals surface area (Å²) >= 11 is 0. The highest BCUT2D eigenvalue weighted by molar-refractivity contribution is 5.94. The summed E-state index contributed by atoms with van der Waals surface area (Å²) in [6.45, 7) is 4.20. The zero-order valence-corrected chi connectivity index (χ0v) is 15.6. The topological polar surface area (TPSA) is 40.6 Å². The van der Waals surface area contributed by atoms with Crippen LogP contribution in [0.4, 0.5) is 4.39 Å². The molecule has 1 aliphatic heterocycles. The van der Waals surface area contributed by atoms with Gasteiger partial charge in [0.1, 0.15) is 5.82 Å². The quantitative estimate of drug-likeness (QED) is 0.807. The number of carbonyl (C=O) groups is 2. The zero-order chi connectivity index (χ0) is 19.2. The first-order valence-electron chi connectivity index (χ1n) is 9.46. The molecule has 0 saturated carbocycles. The second-order valence-corrected chi connectivity index (χ2v) is 6.88. The molecule has 5 heteroatoms. The van der Waals surface area contributed by atoms with Crippen molar-refractivity contribution in [3.8, 4) is 0 Å². The Bertz CT molecular complexity index is 786. The number of hydrogen-bond donors (Lipinski definition) is 0. The summed E-state index contributed by atoms with van der Waals surface area (Å²) < 4.78 is 13.9. The SMILES string of the molecule is CCN(Cc1ccccc1)C(=O)C1CCN(C(=O)c2ccccc2F)CC1. The van der Waals surface area contributed by atoms with Crippen molar-refractivity contribution in [1.82, 2.24) is 9.80 Å². The van der Waals surface area contributed by atoms with Crippen molar-refractivity contribution >= 4 is 11.8 Å². The summed E-state index contributed by atoms with van der Waals surface area (Å²) in [4.78, 5) is 28.9. The molecule has 2 aromatic carbocycles. The Balaban J connectivity index is 1.58. The highest BCUT2D eigenvalue weighted by Crippen LogP contribution is 2.22. The van der Waals surface area contributed by atoms with Crippen LogP contribution < -0.4 is 0 Å². The summed E-state index contributed by atoms with van der Waals surface area (Å²) in [6, 6.07) is 16.0. The van der Waals surface area contributed by atoms with Crippen LogP contribution in [0.3, 0.4) is 0 Å². The number of rotatable bonds is 5. The Kier molecular flexibility index (Phi) is 6.22. The Morgan fingerprint density at radius 3 is 2.30 bits per heavy atom. The summed E-state index contributed by atoms with van der Waals surface area (Å²) in [5.74, 6) is -0.742. The normalized spacial score (nSPS) is 14.8. The van der Waals surface area contributed by atoms with E-state index in [2.05, 4.69) is 0 Å². The van der Waals surface area contributed by atoms with Gasteiger partial charge in [-0.2, -0.15) is 0 Å². The first kappa shape index (κ1) is 19.1. The van der Waals surface area contributed by atoms with Gasteiger partial charge in [0.2, 0.25) is 5.91 Å². The van der Waals surface area contributed by atoms with Crippen LogP contribution in [-0.4, -0.2) is 41.2 Å². The molecule has 0 radical (unpaired) electrons. The molecule has 0 spiro atoms.